The number of aromatic hydroxyl groups is 1. The van der Waals surface area contributed by atoms with Crippen molar-refractivity contribution in [2.75, 3.05) is 11.9 Å². The fourth-order valence-electron chi connectivity index (χ4n) is 7.73. The summed E-state index contributed by atoms with van der Waals surface area (Å²) in [7, 11) is 0. The van der Waals surface area contributed by atoms with Crippen LogP contribution in [-0.4, -0.2) is 68.6 Å². The molecule has 5 heterocycles. The second-order valence-corrected chi connectivity index (χ2v) is 14.7. The monoisotopic (exact) mass is 732 g/mol. The third-order valence-corrected chi connectivity index (χ3v) is 10.6. The number of fused-ring (bicyclic) bond motifs is 5. The number of aliphatic hydroxyl groups excluding tert-OH is 1. The Balaban J connectivity index is 1.25. The third kappa shape index (κ3) is 5.47. The molecule has 1 spiro atoms. The average Bonchev–Trinajstić information content (AvgIpc) is 3.92. The minimum Gasteiger partial charge on any atom is -0.506 e. The van der Waals surface area contributed by atoms with Gasteiger partial charge in [-0.25, -0.2) is 4.98 Å². The predicted octanol–water partition coefficient (Wildman–Crippen LogP) is 3.82. The Bertz CT molecular complexity index is 2350. The van der Waals surface area contributed by atoms with E-state index in [4.69, 9.17) is 14.1 Å². The molecular weight excluding hydrogens is 692 g/mol. The van der Waals surface area contributed by atoms with Gasteiger partial charge in [0, 0.05) is 34.8 Å². The molecule has 3 aliphatic heterocycles. The van der Waals surface area contributed by atoms with E-state index >= 15 is 0 Å². The maximum absolute atomic E-state index is 14.4. The second-order valence-electron chi connectivity index (χ2n) is 14.7. The maximum atomic E-state index is 14.4. The van der Waals surface area contributed by atoms with Crippen molar-refractivity contribution >= 4 is 40.1 Å². The molecule has 7 N–H and O–H groups in total. The minimum atomic E-state index is -1.33. The van der Waals surface area contributed by atoms with Gasteiger partial charge in [0.15, 0.2) is 23.5 Å². The summed E-state index contributed by atoms with van der Waals surface area (Å²) in [5, 5.41) is 33.2. The van der Waals surface area contributed by atoms with E-state index in [9.17, 15) is 29.4 Å². The van der Waals surface area contributed by atoms with Crippen LogP contribution in [0.1, 0.15) is 82.9 Å². The van der Waals surface area contributed by atoms with Crippen LogP contribution in [0.3, 0.4) is 0 Å². The second kappa shape index (κ2) is 13.1. The largest absolute Gasteiger partial charge is 0.506 e. The molecule has 3 aromatic carbocycles. The van der Waals surface area contributed by atoms with Crippen LogP contribution in [0, 0.1) is 11.8 Å². The Morgan fingerprint density at radius 3 is 2.59 bits per heavy atom. The Labute approximate surface area is 309 Å². The molecule has 5 atom stereocenters. The number of benzene rings is 3. The summed E-state index contributed by atoms with van der Waals surface area (Å²) in [6.45, 7) is 6.75. The maximum Gasteiger partial charge on any atom is 0.273 e. The van der Waals surface area contributed by atoms with Crippen LogP contribution in [-0.2, 0) is 21.4 Å². The summed E-state index contributed by atoms with van der Waals surface area (Å²) in [5.74, 6) is -2.24. The predicted molar refractivity (Wildman–Crippen MR) is 196 cm³/mol. The van der Waals surface area contributed by atoms with E-state index in [0.717, 1.165) is 11.3 Å². The van der Waals surface area contributed by atoms with Crippen molar-refractivity contribution in [1.82, 2.24) is 25.9 Å². The lowest BCUT2D eigenvalue weighted by molar-refractivity contribution is -0.135. The van der Waals surface area contributed by atoms with E-state index in [-0.39, 0.29) is 47.9 Å². The van der Waals surface area contributed by atoms with E-state index < -0.39 is 53.3 Å². The number of ether oxygens (including phenoxy) is 1. The van der Waals surface area contributed by atoms with E-state index in [1.807, 2.05) is 50.2 Å². The molecule has 278 valence electrons. The number of ketones is 1. The molecule has 4 bridgehead atoms. The Kier molecular flexibility index (Phi) is 8.44. The number of amides is 3. The van der Waals surface area contributed by atoms with Crippen molar-refractivity contribution in [2.24, 2.45) is 11.8 Å². The molecule has 2 aromatic heterocycles. The van der Waals surface area contributed by atoms with Gasteiger partial charge < -0.3 is 45.6 Å². The molecule has 0 saturated carbocycles. The minimum absolute atomic E-state index is 0.00514. The van der Waals surface area contributed by atoms with Gasteiger partial charge in [-0.15, -0.1) is 0 Å². The van der Waals surface area contributed by atoms with Gasteiger partial charge in [-0.3, -0.25) is 19.2 Å². The molecule has 14 nitrogen and oxygen atoms in total. The zero-order chi connectivity index (χ0) is 38.1. The number of aliphatic hydroxyl groups is 1. The summed E-state index contributed by atoms with van der Waals surface area (Å²) in [6, 6.07) is 16.0. The first-order valence-corrected chi connectivity index (χ1v) is 17.9. The number of hydrogen-bond acceptors (Lipinski definition) is 10. The van der Waals surface area contributed by atoms with Crippen molar-refractivity contribution < 1.29 is 38.5 Å². The molecule has 0 radical (unpaired) electrons. The highest BCUT2D eigenvalue weighted by atomic mass is 16.5. The zero-order valence-corrected chi connectivity index (χ0v) is 30.0. The van der Waals surface area contributed by atoms with Crippen molar-refractivity contribution in [2.45, 2.75) is 63.9 Å². The molecule has 3 aliphatic rings. The van der Waals surface area contributed by atoms with Gasteiger partial charge in [0.05, 0.1) is 12.1 Å². The Hall–Kier alpha value is -6.15. The first-order valence-electron chi connectivity index (χ1n) is 17.9. The third-order valence-electron chi connectivity index (χ3n) is 10.6. The Morgan fingerprint density at radius 2 is 1.81 bits per heavy atom. The number of carbonyl (C=O) groups excluding carboxylic acids is 4. The van der Waals surface area contributed by atoms with Crippen LogP contribution < -0.4 is 26.0 Å². The van der Waals surface area contributed by atoms with Crippen LogP contribution in [0.4, 0.5) is 5.69 Å². The SMILES string of the molecule is CC(C)[C@H](O)C(=O)N[C@H]1Cc2ccc3c(c2)[C@@]2(c4ccccc4NC2O3)c2oc(nc2C(=O)NCC(=O)c2c[nH]c3c(O)cccc23)[C@H](C(C)C)NC1=O. The average molecular weight is 733 g/mol. The van der Waals surface area contributed by atoms with Gasteiger partial charge in [0.25, 0.3) is 5.91 Å². The smallest absolute Gasteiger partial charge is 0.273 e. The van der Waals surface area contributed by atoms with Gasteiger partial charge in [-0.1, -0.05) is 70.2 Å². The van der Waals surface area contributed by atoms with Gasteiger partial charge in [0.1, 0.15) is 35.1 Å². The number of H-pyrrole nitrogens is 1. The lowest BCUT2D eigenvalue weighted by Crippen LogP contribution is -2.52. The molecule has 14 heteroatoms. The first-order chi connectivity index (χ1) is 25.9. The Morgan fingerprint density at radius 1 is 1.02 bits per heavy atom. The summed E-state index contributed by atoms with van der Waals surface area (Å²) < 4.78 is 13.3. The normalized spacial score (nSPS) is 21.6. The van der Waals surface area contributed by atoms with E-state index in [1.54, 1.807) is 32.0 Å². The lowest BCUT2D eigenvalue weighted by Gasteiger charge is -2.29. The lowest BCUT2D eigenvalue weighted by atomic mass is 9.72. The summed E-state index contributed by atoms with van der Waals surface area (Å²) in [6.07, 6.45) is -0.516. The fraction of sp³-hybridized carbons (Fsp3) is 0.325. The molecule has 3 amide bonds. The number of oxazole rings is 1. The first kappa shape index (κ1) is 34.9. The van der Waals surface area contributed by atoms with E-state index in [0.29, 0.717) is 33.3 Å². The summed E-state index contributed by atoms with van der Waals surface area (Å²) >= 11 is 0. The van der Waals surface area contributed by atoms with Crippen molar-refractivity contribution in [3.05, 3.63) is 106 Å². The fourth-order valence-corrected chi connectivity index (χ4v) is 7.73. The van der Waals surface area contributed by atoms with Crippen molar-refractivity contribution in [1.29, 1.82) is 0 Å². The number of rotatable bonds is 8. The number of aromatic amines is 1. The number of phenolic OH excluding ortho intramolecular Hbond substituents is 1. The number of phenols is 1. The molecule has 1 unspecified atom stereocenters. The number of Topliss-reactive ketones (excluding diaryl/α,β-unsaturated/α-hetero) is 1. The molecule has 5 aromatic rings. The number of anilines is 1. The quantitative estimate of drug-likeness (QED) is 0.115. The summed E-state index contributed by atoms with van der Waals surface area (Å²) in [5.41, 5.74) is 2.23. The molecule has 0 fully saturated rings. The highest BCUT2D eigenvalue weighted by Gasteiger charge is 2.61. The molecule has 0 aliphatic carbocycles. The topological polar surface area (TPSA) is 208 Å². The van der Waals surface area contributed by atoms with Gasteiger partial charge in [0.2, 0.25) is 17.7 Å². The number of aromatic nitrogens is 2. The van der Waals surface area contributed by atoms with Gasteiger partial charge in [-0.2, -0.15) is 0 Å². The van der Waals surface area contributed by atoms with Crippen LogP contribution in [0.25, 0.3) is 10.9 Å². The zero-order valence-electron chi connectivity index (χ0n) is 30.0. The number of hydrogen-bond donors (Lipinski definition) is 7. The molecule has 8 rings (SSSR count). The van der Waals surface area contributed by atoms with Crippen LogP contribution in [0.5, 0.6) is 11.5 Å². The molecule has 54 heavy (non-hydrogen) atoms. The summed E-state index contributed by atoms with van der Waals surface area (Å²) in [4.78, 5) is 62.7. The number of nitrogens with one attached hydrogen (secondary N) is 5. The number of carbonyl (C=O) groups is 4. The molecular formula is C40H40N6O8. The van der Waals surface area contributed by atoms with Crippen LogP contribution in [0.15, 0.2) is 71.3 Å². The molecule has 0 saturated heterocycles. The van der Waals surface area contributed by atoms with Crippen LogP contribution in [0.2, 0.25) is 0 Å². The standard InChI is InChI=1S/C40H40N6O8/c1-18(2)30-38-46-32(36(51)42-17-28(48)22-16-41-31-21(22)8-7-11-27(31)47)34(54-38)40-23-9-5-6-10-25(23)44-39(40)53-29-13-12-20(14-24(29)40)15-26(35(50)45-30)43-37(52)33(49)19(3)4/h5-14,16,18-19,26,30,33,39,41,44,47,49H,15,17H2,1-4H3,(H,42,51)(H,43,52)(H,45,50)/t26-,30-,33-,39?,40-/m0/s1. The highest BCUT2D eigenvalue weighted by Crippen LogP contribution is 2.58. The van der Waals surface area contributed by atoms with Crippen molar-refractivity contribution in [3.8, 4) is 11.5 Å². The van der Waals surface area contributed by atoms with E-state index in [1.165, 1.54) is 12.3 Å². The number of nitrogens with zero attached hydrogens (tertiary/aromatic N) is 1. The van der Waals surface area contributed by atoms with Crippen molar-refractivity contribution in [3.63, 3.8) is 0 Å². The van der Waals surface area contributed by atoms with Gasteiger partial charge in [-0.05, 0) is 41.2 Å². The van der Waals surface area contributed by atoms with Crippen LogP contribution >= 0.6 is 0 Å². The van der Waals surface area contributed by atoms with E-state index in [2.05, 4.69) is 26.3 Å². The van der Waals surface area contributed by atoms with Gasteiger partial charge >= 0.3 is 0 Å². The highest BCUT2D eigenvalue weighted by molar-refractivity contribution is 6.11. The number of para-hydroxylation sites is 2.